The van der Waals surface area contributed by atoms with Gasteiger partial charge >= 0.3 is 12.1 Å². The van der Waals surface area contributed by atoms with E-state index in [4.69, 9.17) is 44.3 Å². The van der Waals surface area contributed by atoms with Gasteiger partial charge in [-0.05, 0) is 31.1 Å². The van der Waals surface area contributed by atoms with Gasteiger partial charge in [-0.3, -0.25) is 0 Å². The van der Waals surface area contributed by atoms with Crippen LogP contribution in [0.3, 0.4) is 0 Å². The van der Waals surface area contributed by atoms with E-state index in [1.165, 1.54) is 12.1 Å². The molecule has 2 aromatic carbocycles. The molecule has 4 nitrogen and oxygen atoms in total. The molecule has 0 radical (unpaired) electrons. The van der Waals surface area contributed by atoms with Gasteiger partial charge in [-0.25, -0.2) is 4.79 Å². The second-order valence-electron chi connectivity index (χ2n) is 6.70. The van der Waals surface area contributed by atoms with Crippen LogP contribution in [0.4, 0.5) is 13.2 Å². The summed E-state index contributed by atoms with van der Waals surface area (Å²) in [7, 11) is 0. The molecule has 32 heavy (non-hydrogen) atoms. The van der Waals surface area contributed by atoms with Crippen molar-refractivity contribution in [3.05, 3.63) is 74.3 Å². The number of halogens is 6. The quantitative estimate of drug-likeness (QED) is 0.374. The first-order valence-electron chi connectivity index (χ1n) is 9.08. The molecule has 0 amide bonds. The number of aliphatic carboxylic acids is 1. The van der Waals surface area contributed by atoms with Crippen LogP contribution in [-0.4, -0.2) is 23.9 Å². The van der Waals surface area contributed by atoms with E-state index in [2.05, 4.69) is 0 Å². The molecule has 0 atom stereocenters. The highest BCUT2D eigenvalue weighted by Crippen LogP contribution is 2.38. The van der Waals surface area contributed by atoms with E-state index in [9.17, 15) is 23.1 Å². The van der Waals surface area contributed by atoms with Gasteiger partial charge in [0.25, 0.3) is 0 Å². The van der Waals surface area contributed by atoms with Gasteiger partial charge in [-0.15, -0.1) is 0 Å². The molecule has 2 aromatic rings. The molecule has 0 saturated carbocycles. The zero-order valence-corrected chi connectivity index (χ0v) is 19.2. The van der Waals surface area contributed by atoms with Gasteiger partial charge in [0.15, 0.2) is 5.75 Å². The minimum absolute atomic E-state index is 0.0211. The predicted octanol–water partition coefficient (Wildman–Crippen LogP) is 7.51. The molecule has 0 spiro atoms. The monoisotopic (exact) mass is 508 g/mol. The van der Waals surface area contributed by atoms with Crippen LogP contribution < -0.4 is 9.47 Å². The van der Waals surface area contributed by atoms with E-state index in [0.717, 1.165) is 0 Å². The Labute approximate surface area is 197 Å². The Bertz CT molecular complexity index is 1040. The van der Waals surface area contributed by atoms with Crippen molar-refractivity contribution in [2.24, 2.45) is 0 Å². The third-order valence-corrected chi connectivity index (χ3v) is 5.06. The maximum atomic E-state index is 12.4. The number of hydrogen-bond donors (Lipinski definition) is 1. The number of hydrogen-bond acceptors (Lipinski definition) is 3. The van der Waals surface area contributed by atoms with Gasteiger partial charge in [0, 0.05) is 12.1 Å². The lowest BCUT2D eigenvalue weighted by molar-refractivity contribution is -0.130. The maximum Gasteiger partial charge on any atom is 0.426 e. The molecule has 172 valence electrons. The summed E-state index contributed by atoms with van der Waals surface area (Å²) in [6, 6.07) is 9.68. The van der Waals surface area contributed by atoms with Crippen LogP contribution in [0.5, 0.6) is 11.5 Å². The number of allylic oxidation sites excluding steroid dienone is 2. The Kier molecular flexibility index (Phi) is 8.89. The fourth-order valence-corrected chi connectivity index (χ4v) is 3.36. The number of rotatable bonds is 8. The average molecular weight is 510 g/mol. The van der Waals surface area contributed by atoms with Crippen molar-refractivity contribution >= 4 is 46.3 Å². The largest absolute Gasteiger partial charge is 0.489 e. The topological polar surface area (TPSA) is 55.8 Å². The summed E-state index contributed by atoms with van der Waals surface area (Å²) in [5.41, 5.74) is 1.96. The Morgan fingerprint density at radius 1 is 1.09 bits per heavy atom. The van der Waals surface area contributed by atoms with Crippen molar-refractivity contribution in [2.75, 3.05) is 6.61 Å². The highest BCUT2D eigenvalue weighted by Gasteiger charge is 2.32. The molecule has 0 fully saturated rings. The number of alkyl halides is 3. The van der Waals surface area contributed by atoms with Crippen LogP contribution in [-0.2, 0) is 11.4 Å². The van der Waals surface area contributed by atoms with Crippen molar-refractivity contribution in [1.82, 2.24) is 0 Å². The summed E-state index contributed by atoms with van der Waals surface area (Å²) >= 11 is 17.4. The Morgan fingerprint density at radius 3 is 2.22 bits per heavy atom. The van der Waals surface area contributed by atoms with Crippen LogP contribution in [0.15, 0.2) is 53.1 Å². The smallest absolute Gasteiger partial charge is 0.426 e. The Balaban J connectivity index is 2.18. The van der Waals surface area contributed by atoms with Crippen LogP contribution >= 0.6 is 34.8 Å². The fraction of sp³-hybridized carbons (Fsp3) is 0.227. The third-order valence-electron chi connectivity index (χ3n) is 4.13. The van der Waals surface area contributed by atoms with E-state index in [1.54, 1.807) is 38.1 Å². The van der Waals surface area contributed by atoms with Gasteiger partial charge in [-0.1, -0.05) is 64.6 Å². The zero-order chi connectivity index (χ0) is 24.1. The summed E-state index contributed by atoms with van der Waals surface area (Å²) in [5.74, 6) is -0.813. The summed E-state index contributed by atoms with van der Waals surface area (Å²) in [6.07, 6.45) is -4.02. The molecule has 0 unspecified atom stereocenters. The molecule has 0 aromatic heterocycles. The van der Waals surface area contributed by atoms with Gasteiger partial charge in [0.05, 0.1) is 15.6 Å². The van der Waals surface area contributed by atoms with Gasteiger partial charge in [0.1, 0.15) is 24.0 Å². The highest BCUT2D eigenvalue weighted by atomic mass is 35.5. The minimum Gasteiger partial charge on any atom is -0.489 e. The number of ether oxygens (including phenoxy) is 2. The van der Waals surface area contributed by atoms with Gasteiger partial charge in [-0.2, -0.15) is 13.2 Å². The lowest BCUT2D eigenvalue weighted by Crippen LogP contribution is -2.09. The van der Waals surface area contributed by atoms with Crippen LogP contribution in [0.1, 0.15) is 25.0 Å². The first kappa shape index (κ1) is 25.9. The van der Waals surface area contributed by atoms with E-state index < -0.39 is 23.8 Å². The molecule has 0 aliphatic rings. The average Bonchev–Trinajstić information content (AvgIpc) is 2.68. The van der Waals surface area contributed by atoms with Crippen molar-refractivity contribution in [2.45, 2.75) is 26.6 Å². The van der Waals surface area contributed by atoms with Crippen molar-refractivity contribution < 1.29 is 32.5 Å². The molecule has 0 saturated heterocycles. The number of benzene rings is 2. The lowest BCUT2D eigenvalue weighted by atomic mass is 9.97. The van der Waals surface area contributed by atoms with Crippen LogP contribution in [0.25, 0.3) is 5.57 Å². The molecule has 0 aliphatic heterocycles. The summed E-state index contributed by atoms with van der Waals surface area (Å²) < 4.78 is 48.2. The van der Waals surface area contributed by atoms with Gasteiger partial charge < -0.3 is 14.6 Å². The second-order valence-corrected chi connectivity index (χ2v) is 7.92. The molecule has 0 bridgehead atoms. The first-order valence-corrected chi connectivity index (χ1v) is 10.2. The maximum absolute atomic E-state index is 12.4. The van der Waals surface area contributed by atoms with E-state index in [1.807, 2.05) is 0 Å². The Hall–Kier alpha value is -2.35. The predicted molar refractivity (Wildman–Crippen MR) is 119 cm³/mol. The zero-order valence-electron chi connectivity index (χ0n) is 16.9. The summed E-state index contributed by atoms with van der Waals surface area (Å²) in [6.45, 7) is 2.94. The minimum atomic E-state index is -4.67. The molecule has 10 heteroatoms. The molecule has 0 aliphatic carbocycles. The van der Waals surface area contributed by atoms with Crippen molar-refractivity contribution in [3.8, 4) is 11.5 Å². The summed E-state index contributed by atoms with van der Waals surface area (Å²) in [4.78, 5) is 11.7. The number of carboxylic acid groups (broad SMARTS) is 1. The molecular formula is C22H18Cl3F3O4. The van der Waals surface area contributed by atoms with Gasteiger partial charge in [0.2, 0.25) is 0 Å². The first-order chi connectivity index (χ1) is 14.9. The number of carbonyl (C=O) groups is 1. The SMILES string of the molecule is CC(C)=C(C(=O)O)c1ccccc1COc1cc(Cl)c(OC/C=C(\Cl)C(F)(F)F)c(Cl)c1. The van der Waals surface area contributed by atoms with E-state index in [0.29, 0.717) is 22.8 Å². The lowest BCUT2D eigenvalue weighted by Gasteiger charge is -2.15. The van der Waals surface area contributed by atoms with Crippen LogP contribution in [0, 0.1) is 0 Å². The highest BCUT2D eigenvalue weighted by molar-refractivity contribution is 6.37. The molecule has 2 rings (SSSR count). The summed E-state index contributed by atoms with van der Waals surface area (Å²) in [5, 5.41) is 8.26. The van der Waals surface area contributed by atoms with Crippen LogP contribution in [0.2, 0.25) is 10.0 Å². The van der Waals surface area contributed by atoms with Crippen molar-refractivity contribution in [1.29, 1.82) is 0 Å². The van der Waals surface area contributed by atoms with E-state index >= 15 is 0 Å². The molecule has 1 N–H and O–H groups in total. The standard InChI is InChI=1S/C22H18Cl3F3O4/c1-12(2)19(21(29)30)15-6-4-3-5-13(15)11-32-14-9-16(23)20(17(24)10-14)31-8-7-18(25)22(26,27)28/h3-7,9-10H,8,11H2,1-2H3,(H,29,30)/b18-7-. The number of carboxylic acids is 1. The normalized spacial score (nSPS) is 11.8. The fourth-order valence-electron chi connectivity index (χ4n) is 2.72. The molecule has 0 heterocycles. The molecular weight excluding hydrogens is 492 g/mol. The van der Waals surface area contributed by atoms with Crippen molar-refractivity contribution in [3.63, 3.8) is 0 Å². The second kappa shape index (κ2) is 11.0. The third kappa shape index (κ3) is 6.82. The Morgan fingerprint density at radius 2 is 1.69 bits per heavy atom. The van der Waals surface area contributed by atoms with E-state index in [-0.39, 0.29) is 33.7 Å².